The van der Waals surface area contributed by atoms with E-state index in [1.165, 1.54) is 0 Å². The van der Waals surface area contributed by atoms with E-state index in [0.29, 0.717) is 4.77 Å². The largest absolute Gasteiger partial charge is 0.321 e. The molecule has 0 spiro atoms. The van der Waals surface area contributed by atoms with E-state index in [1.807, 2.05) is 16.2 Å². The van der Waals surface area contributed by atoms with Crippen LogP contribution in [0.4, 0.5) is 0 Å². The maximum Gasteiger partial charge on any atom is 0.194 e. The Kier molecular flexibility index (Phi) is 2.40. The number of rotatable bonds is 3. The molecule has 2 rings (SSSR count). The predicted octanol–water partition coefficient (Wildman–Crippen LogP) is 0.312. The molecule has 2 aromatic heterocycles. The molecule has 0 amide bonds. The normalized spacial score (nSPS) is 10.6. The Labute approximate surface area is 85.6 Å². The minimum atomic E-state index is 0.632. The lowest BCUT2D eigenvalue weighted by Gasteiger charge is -2.00. The van der Waals surface area contributed by atoms with Crippen molar-refractivity contribution >= 4 is 12.2 Å². The zero-order valence-corrected chi connectivity index (χ0v) is 8.53. The molecule has 0 aliphatic carbocycles. The van der Waals surface area contributed by atoms with Crippen LogP contribution in [-0.4, -0.2) is 29.5 Å². The van der Waals surface area contributed by atoms with Crippen molar-refractivity contribution in [2.24, 2.45) is 7.05 Å². The highest BCUT2D eigenvalue weighted by Gasteiger charge is 2.01. The fraction of sp³-hybridized carbons (Fsp3) is 0.429. The first-order valence-corrected chi connectivity index (χ1v) is 4.61. The first-order chi connectivity index (χ1) is 6.77. The van der Waals surface area contributed by atoms with Gasteiger partial charge < -0.3 is 9.13 Å². The van der Waals surface area contributed by atoms with Gasteiger partial charge in [0.1, 0.15) is 18.5 Å². The van der Waals surface area contributed by atoms with Crippen molar-refractivity contribution in [3.05, 3.63) is 23.3 Å². The maximum atomic E-state index is 5.02. The smallest absolute Gasteiger partial charge is 0.194 e. The molecule has 6 nitrogen and oxygen atoms in total. The van der Waals surface area contributed by atoms with Crippen molar-refractivity contribution in [2.45, 2.75) is 13.0 Å². The highest BCUT2D eigenvalue weighted by atomic mass is 32.1. The van der Waals surface area contributed by atoms with Crippen LogP contribution in [-0.2, 0) is 20.0 Å². The molecule has 0 fully saturated rings. The molecule has 7 heteroatoms. The molecular weight excluding hydrogens is 200 g/mol. The number of nitrogens with zero attached hydrogens (tertiary/aromatic N) is 5. The summed E-state index contributed by atoms with van der Waals surface area (Å²) in [5, 5.41) is 14.3. The van der Waals surface area contributed by atoms with E-state index < -0.39 is 0 Å². The Hall–Kier alpha value is -1.50. The summed E-state index contributed by atoms with van der Waals surface area (Å²) < 4.78 is 4.39. The Morgan fingerprint density at radius 3 is 2.93 bits per heavy atom. The third kappa shape index (κ3) is 1.72. The number of hydrogen-bond donors (Lipinski definition) is 1. The van der Waals surface area contributed by atoms with Crippen LogP contribution in [0.3, 0.4) is 0 Å². The molecule has 2 aromatic rings. The van der Waals surface area contributed by atoms with Gasteiger partial charge in [0.15, 0.2) is 4.77 Å². The lowest BCUT2D eigenvalue weighted by Crippen LogP contribution is -2.04. The molecule has 2 heterocycles. The molecule has 0 aliphatic heterocycles. The van der Waals surface area contributed by atoms with Crippen molar-refractivity contribution in [3.8, 4) is 0 Å². The predicted molar refractivity (Wildman–Crippen MR) is 52.1 cm³/mol. The molecule has 74 valence electrons. The lowest BCUT2D eigenvalue weighted by atomic mass is 10.4. The van der Waals surface area contributed by atoms with Gasteiger partial charge in [-0.2, -0.15) is 5.10 Å². The second kappa shape index (κ2) is 3.70. The van der Waals surface area contributed by atoms with Crippen LogP contribution < -0.4 is 0 Å². The third-order valence-electron chi connectivity index (χ3n) is 2.00. The molecule has 1 N–H and O–H groups in total. The minimum Gasteiger partial charge on any atom is -0.321 e. The molecule has 0 bridgehead atoms. The van der Waals surface area contributed by atoms with Gasteiger partial charge in [0.25, 0.3) is 0 Å². The quantitative estimate of drug-likeness (QED) is 0.741. The van der Waals surface area contributed by atoms with Gasteiger partial charge in [-0.15, -0.1) is 10.2 Å². The Morgan fingerprint density at radius 2 is 2.36 bits per heavy atom. The fourth-order valence-corrected chi connectivity index (χ4v) is 1.37. The average Bonchev–Trinajstić information content (AvgIpc) is 2.72. The SMILES string of the molecule is Cn1cnnc1CCn1cn[nH]c1=S. The summed E-state index contributed by atoms with van der Waals surface area (Å²) in [5.41, 5.74) is 0. The molecule has 0 aromatic carbocycles. The second-order valence-electron chi connectivity index (χ2n) is 2.96. The zero-order chi connectivity index (χ0) is 9.97. The summed E-state index contributed by atoms with van der Waals surface area (Å²) in [5.74, 6) is 0.938. The van der Waals surface area contributed by atoms with E-state index in [0.717, 1.165) is 18.8 Å². The zero-order valence-electron chi connectivity index (χ0n) is 7.71. The summed E-state index contributed by atoms with van der Waals surface area (Å²) in [7, 11) is 1.92. The van der Waals surface area contributed by atoms with Gasteiger partial charge in [-0.25, -0.2) is 0 Å². The number of aromatic nitrogens is 6. The molecule has 0 radical (unpaired) electrons. The number of aromatic amines is 1. The van der Waals surface area contributed by atoms with E-state index in [-0.39, 0.29) is 0 Å². The number of hydrogen-bond acceptors (Lipinski definition) is 4. The Morgan fingerprint density at radius 1 is 1.50 bits per heavy atom. The Bertz CT molecular complexity index is 466. The van der Waals surface area contributed by atoms with Gasteiger partial charge in [-0.3, -0.25) is 5.10 Å². The van der Waals surface area contributed by atoms with Crippen LogP contribution in [0.25, 0.3) is 0 Å². The molecule has 0 unspecified atom stereocenters. The number of H-pyrrole nitrogens is 1. The minimum absolute atomic E-state index is 0.632. The highest BCUT2D eigenvalue weighted by molar-refractivity contribution is 7.71. The van der Waals surface area contributed by atoms with Gasteiger partial charge in [-0.05, 0) is 12.2 Å². The maximum absolute atomic E-state index is 5.02. The van der Waals surface area contributed by atoms with Crippen LogP contribution in [0, 0.1) is 4.77 Å². The fourth-order valence-electron chi connectivity index (χ4n) is 1.18. The van der Waals surface area contributed by atoms with Crippen molar-refractivity contribution in [3.63, 3.8) is 0 Å². The third-order valence-corrected chi connectivity index (χ3v) is 2.33. The monoisotopic (exact) mass is 210 g/mol. The van der Waals surface area contributed by atoms with Gasteiger partial charge in [0, 0.05) is 20.0 Å². The van der Waals surface area contributed by atoms with E-state index in [2.05, 4.69) is 20.4 Å². The van der Waals surface area contributed by atoms with E-state index >= 15 is 0 Å². The van der Waals surface area contributed by atoms with Gasteiger partial charge in [0.05, 0.1) is 0 Å². The molecular formula is C7H10N6S. The molecule has 0 aliphatic rings. The van der Waals surface area contributed by atoms with E-state index in [4.69, 9.17) is 12.2 Å². The van der Waals surface area contributed by atoms with Crippen molar-refractivity contribution in [1.29, 1.82) is 0 Å². The first-order valence-electron chi connectivity index (χ1n) is 4.20. The van der Waals surface area contributed by atoms with E-state index in [9.17, 15) is 0 Å². The summed E-state index contributed by atoms with van der Waals surface area (Å²) in [4.78, 5) is 0. The van der Waals surface area contributed by atoms with Gasteiger partial charge >= 0.3 is 0 Å². The van der Waals surface area contributed by atoms with Crippen molar-refractivity contribution in [1.82, 2.24) is 29.5 Å². The molecule has 0 saturated heterocycles. The lowest BCUT2D eigenvalue weighted by molar-refractivity contribution is 0.641. The highest BCUT2D eigenvalue weighted by Crippen LogP contribution is 1.96. The second-order valence-corrected chi connectivity index (χ2v) is 3.35. The van der Waals surface area contributed by atoms with Crippen LogP contribution in [0.1, 0.15) is 5.82 Å². The molecule has 14 heavy (non-hydrogen) atoms. The van der Waals surface area contributed by atoms with Crippen LogP contribution in [0.15, 0.2) is 12.7 Å². The van der Waals surface area contributed by atoms with Crippen LogP contribution in [0.5, 0.6) is 0 Å². The van der Waals surface area contributed by atoms with Gasteiger partial charge in [-0.1, -0.05) is 0 Å². The molecule has 0 saturated carbocycles. The topological polar surface area (TPSA) is 64.3 Å². The molecule has 0 atom stereocenters. The Balaban J connectivity index is 2.05. The first kappa shape index (κ1) is 9.07. The summed E-state index contributed by atoms with van der Waals surface area (Å²) in [6, 6.07) is 0. The number of aryl methyl sites for hydroxylation is 3. The van der Waals surface area contributed by atoms with Crippen LogP contribution >= 0.6 is 12.2 Å². The summed E-state index contributed by atoms with van der Waals surface area (Å²) in [6.45, 7) is 0.766. The standard InChI is InChI=1S/C7H10N6S/c1-12-4-8-10-6(12)2-3-13-5-9-11-7(13)14/h4-5H,2-3H2,1H3,(H,11,14). The van der Waals surface area contributed by atoms with Gasteiger partial charge in [0.2, 0.25) is 0 Å². The van der Waals surface area contributed by atoms with Crippen LogP contribution in [0.2, 0.25) is 0 Å². The summed E-state index contributed by atoms with van der Waals surface area (Å²) in [6.07, 6.45) is 4.16. The average molecular weight is 210 g/mol. The van der Waals surface area contributed by atoms with Crippen molar-refractivity contribution in [2.75, 3.05) is 0 Å². The summed E-state index contributed by atoms with van der Waals surface area (Å²) >= 11 is 5.02. The number of nitrogens with one attached hydrogen (secondary N) is 1. The van der Waals surface area contributed by atoms with Crippen molar-refractivity contribution < 1.29 is 0 Å². The van der Waals surface area contributed by atoms with E-state index in [1.54, 1.807) is 12.7 Å².